The van der Waals surface area contributed by atoms with E-state index in [2.05, 4.69) is 0 Å². The van der Waals surface area contributed by atoms with E-state index in [1.165, 1.54) is 0 Å². The topological polar surface area (TPSA) is 61.6 Å². The average molecular weight is 377 g/mol. The number of ketones is 1. The maximum Gasteiger partial charge on any atom is 0.231 e. The predicted molar refractivity (Wildman–Crippen MR) is 107 cm³/mol. The van der Waals surface area contributed by atoms with E-state index in [4.69, 9.17) is 15.2 Å². The van der Waals surface area contributed by atoms with E-state index in [1.54, 1.807) is 11.8 Å². The molecule has 0 bridgehead atoms. The molecule has 0 saturated heterocycles. The van der Waals surface area contributed by atoms with Crippen molar-refractivity contribution in [2.75, 3.05) is 12.5 Å². The summed E-state index contributed by atoms with van der Waals surface area (Å²) >= 11 is 1.59. The van der Waals surface area contributed by atoms with E-state index in [-0.39, 0.29) is 17.8 Å². The monoisotopic (exact) mass is 377 g/mol. The van der Waals surface area contributed by atoms with Gasteiger partial charge in [0.25, 0.3) is 0 Å². The summed E-state index contributed by atoms with van der Waals surface area (Å²) in [5, 5.41) is -0.0862. The van der Waals surface area contributed by atoms with Crippen LogP contribution in [0.3, 0.4) is 0 Å². The van der Waals surface area contributed by atoms with Gasteiger partial charge >= 0.3 is 0 Å². The second-order valence-corrected chi connectivity index (χ2v) is 7.49. The normalized spacial score (nSPS) is 13.3. The van der Waals surface area contributed by atoms with Crippen LogP contribution in [0.5, 0.6) is 11.5 Å². The fourth-order valence-corrected chi connectivity index (χ4v) is 4.18. The Kier molecular flexibility index (Phi) is 5.03. The Hall–Kier alpha value is -2.92. The van der Waals surface area contributed by atoms with Gasteiger partial charge in [0.2, 0.25) is 6.79 Å². The number of nitrogens with two attached hydrogens (primary N) is 1. The van der Waals surface area contributed by atoms with Crippen molar-refractivity contribution in [2.24, 2.45) is 0 Å². The summed E-state index contributed by atoms with van der Waals surface area (Å²) in [5.74, 6) is 1.54. The number of fused-ring (bicyclic) bond motifs is 1. The van der Waals surface area contributed by atoms with E-state index < -0.39 is 0 Å². The van der Waals surface area contributed by atoms with E-state index in [9.17, 15) is 4.79 Å². The number of ether oxygens (including phenoxy) is 2. The summed E-state index contributed by atoms with van der Waals surface area (Å²) in [6, 6.07) is 22.9. The molecular weight excluding hydrogens is 358 g/mol. The smallest absolute Gasteiger partial charge is 0.231 e. The number of hydrogen-bond acceptors (Lipinski definition) is 5. The van der Waals surface area contributed by atoms with E-state index in [0.29, 0.717) is 23.4 Å². The van der Waals surface area contributed by atoms with Crippen LogP contribution in [0.1, 0.15) is 27.6 Å². The third-order valence-electron chi connectivity index (χ3n) is 4.42. The summed E-state index contributed by atoms with van der Waals surface area (Å²) in [5.41, 5.74) is 8.56. The maximum absolute atomic E-state index is 12.8. The molecule has 3 aromatic rings. The van der Waals surface area contributed by atoms with Gasteiger partial charge in [-0.25, -0.2) is 0 Å². The Morgan fingerprint density at radius 3 is 2.52 bits per heavy atom. The molecule has 1 atom stereocenters. The number of carbonyl (C=O) groups is 1. The van der Waals surface area contributed by atoms with Crippen LogP contribution in [-0.4, -0.2) is 12.6 Å². The SMILES string of the molecule is Nc1ccccc1S[C@H](CC(=O)c1ccccc1)c1ccc2c(c1)OCO2. The molecule has 1 aliphatic heterocycles. The van der Waals surface area contributed by atoms with E-state index in [1.807, 2.05) is 72.8 Å². The summed E-state index contributed by atoms with van der Waals surface area (Å²) in [7, 11) is 0. The van der Waals surface area contributed by atoms with Gasteiger partial charge in [-0.15, -0.1) is 11.8 Å². The molecule has 0 aromatic heterocycles. The lowest BCUT2D eigenvalue weighted by Gasteiger charge is -2.18. The highest BCUT2D eigenvalue weighted by atomic mass is 32.2. The van der Waals surface area contributed by atoms with Crippen molar-refractivity contribution in [3.05, 3.63) is 83.9 Å². The quantitative estimate of drug-likeness (QED) is 0.368. The third kappa shape index (κ3) is 3.93. The van der Waals surface area contributed by atoms with Crippen molar-refractivity contribution < 1.29 is 14.3 Å². The number of Topliss-reactive ketones (excluding diaryl/α,β-unsaturated/α-hetero) is 1. The number of thioether (sulfide) groups is 1. The highest BCUT2D eigenvalue weighted by Crippen LogP contribution is 2.44. The molecule has 4 nitrogen and oxygen atoms in total. The Morgan fingerprint density at radius 2 is 1.70 bits per heavy atom. The van der Waals surface area contributed by atoms with Crippen LogP contribution in [0.15, 0.2) is 77.7 Å². The van der Waals surface area contributed by atoms with Crippen LogP contribution in [-0.2, 0) is 0 Å². The van der Waals surface area contributed by atoms with Crippen molar-refractivity contribution in [3.8, 4) is 11.5 Å². The van der Waals surface area contributed by atoms with Gasteiger partial charge in [-0.1, -0.05) is 48.5 Å². The zero-order valence-corrected chi connectivity index (χ0v) is 15.4. The van der Waals surface area contributed by atoms with Crippen molar-refractivity contribution >= 4 is 23.2 Å². The van der Waals surface area contributed by atoms with Crippen LogP contribution >= 0.6 is 11.8 Å². The molecule has 0 aliphatic carbocycles. The highest BCUT2D eigenvalue weighted by molar-refractivity contribution is 7.99. The fourth-order valence-electron chi connectivity index (χ4n) is 2.99. The van der Waals surface area contributed by atoms with Crippen LogP contribution in [0.2, 0.25) is 0 Å². The molecule has 0 radical (unpaired) electrons. The van der Waals surface area contributed by atoms with Gasteiger partial charge in [0.1, 0.15) is 0 Å². The van der Waals surface area contributed by atoms with Gasteiger partial charge in [0.05, 0.1) is 0 Å². The first-order chi connectivity index (χ1) is 13.2. The molecule has 0 unspecified atom stereocenters. The molecule has 0 amide bonds. The maximum atomic E-state index is 12.8. The summed E-state index contributed by atoms with van der Waals surface area (Å²) in [6.45, 7) is 0.227. The van der Waals surface area contributed by atoms with Gasteiger partial charge in [-0.05, 0) is 29.8 Å². The highest BCUT2D eigenvalue weighted by Gasteiger charge is 2.22. The Labute approximate surface area is 162 Å². The van der Waals surface area contributed by atoms with Gasteiger partial charge < -0.3 is 15.2 Å². The molecule has 27 heavy (non-hydrogen) atoms. The minimum Gasteiger partial charge on any atom is -0.454 e. The van der Waals surface area contributed by atoms with E-state index >= 15 is 0 Å². The molecule has 5 heteroatoms. The number of anilines is 1. The average Bonchev–Trinajstić information content (AvgIpc) is 3.17. The number of rotatable bonds is 6. The molecule has 136 valence electrons. The summed E-state index contributed by atoms with van der Waals surface area (Å²) in [4.78, 5) is 13.8. The molecule has 1 aliphatic rings. The minimum atomic E-state index is -0.0862. The van der Waals surface area contributed by atoms with Crippen LogP contribution in [0.4, 0.5) is 5.69 Å². The van der Waals surface area contributed by atoms with Gasteiger partial charge in [-0.3, -0.25) is 4.79 Å². The minimum absolute atomic E-state index is 0.0862. The van der Waals surface area contributed by atoms with Crippen molar-refractivity contribution in [1.29, 1.82) is 0 Å². The van der Waals surface area contributed by atoms with Crippen LogP contribution < -0.4 is 15.2 Å². The van der Waals surface area contributed by atoms with Crippen molar-refractivity contribution in [3.63, 3.8) is 0 Å². The lowest BCUT2D eigenvalue weighted by Crippen LogP contribution is -2.06. The lowest BCUT2D eigenvalue weighted by molar-refractivity contribution is 0.0982. The van der Waals surface area contributed by atoms with Gasteiger partial charge in [0, 0.05) is 27.8 Å². The number of nitrogen functional groups attached to an aromatic ring is 1. The number of benzene rings is 3. The fraction of sp³-hybridized carbons (Fsp3) is 0.136. The standard InChI is InChI=1S/C22H19NO3S/c23-17-8-4-5-9-21(17)27-22(13-18(24)15-6-2-1-3-7-15)16-10-11-19-20(12-16)26-14-25-19/h1-12,22H,13-14,23H2/t22-/m1/s1. The number of carbonyl (C=O) groups excluding carboxylic acids is 1. The van der Waals surface area contributed by atoms with E-state index in [0.717, 1.165) is 16.2 Å². The molecule has 4 rings (SSSR count). The largest absolute Gasteiger partial charge is 0.454 e. The van der Waals surface area contributed by atoms with Crippen LogP contribution in [0, 0.1) is 0 Å². The number of para-hydroxylation sites is 1. The van der Waals surface area contributed by atoms with Crippen LogP contribution in [0.25, 0.3) is 0 Å². The first-order valence-electron chi connectivity index (χ1n) is 8.69. The summed E-state index contributed by atoms with van der Waals surface area (Å²) < 4.78 is 10.9. The summed E-state index contributed by atoms with van der Waals surface area (Å²) in [6.07, 6.45) is 0.364. The van der Waals surface area contributed by atoms with Gasteiger partial charge in [0.15, 0.2) is 17.3 Å². The zero-order valence-electron chi connectivity index (χ0n) is 14.6. The van der Waals surface area contributed by atoms with Gasteiger partial charge in [-0.2, -0.15) is 0 Å². The lowest BCUT2D eigenvalue weighted by atomic mass is 10.0. The second-order valence-electron chi connectivity index (χ2n) is 6.25. The first-order valence-corrected chi connectivity index (χ1v) is 9.57. The molecule has 3 aromatic carbocycles. The molecule has 0 fully saturated rings. The molecule has 1 heterocycles. The Morgan fingerprint density at radius 1 is 0.963 bits per heavy atom. The molecular formula is C22H19NO3S. The van der Waals surface area contributed by atoms with Crippen molar-refractivity contribution in [2.45, 2.75) is 16.6 Å². The third-order valence-corrected chi connectivity index (χ3v) is 5.77. The Bertz CT molecular complexity index is 959. The number of hydrogen-bond donors (Lipinski definition) is 1. The predicted octanol–water partition coefficient (Wildman–Crippen LogP) is 5.10. The first kappa shape index (κ1) is 17.5. The molecule has 2 N–H and O–H groups in total. The Balaban J connectivity index is 1.64. The second kappa shape index (κ2) is 7.76. The molecule has 0 saturated carbocycles. The molecule has 0 spiro atoms. The van der Waals surface area contributed by atoms with Crippen molar-refractivity contribution in [1.82, 2.24) is 0 Å². The zero-order chi connectivity index (χ0) is 18.6.